The van der Waals surface area contributed by atoms with Crippen LogP contribution in [-0.2, 0) is 18.9 Å². The summed E-state index contributed by atoms with van der Waals surface area (Å²) in [5, 5.41) is 1.37. The molecule has 4 atom stereocenters. The minimum atomic E-state index is -0.0488. The lowest BCUT2D eigenvalue weighted by atomic mass is 9.93. The Hall–Kier alpha value is 0.540. The molecule has 0 aromatic rings. The van der Waals surface area contributed by atoms with Crippen molar-refractivity contribution in [1.82, 2.24) is 0 Å². The highest BCUT2D eigenvalue weighted by atomic mass is 33.1. The molecule has 0 spiro atoms. The second kappa shape index (κ2) is 31.5. The summed E-state index contributed by atoms with van der Waals surface area (Å²) in [6.07, 6.45) is 23.0. The predicted molar refractivity (Wildman–Crippen MR) is 190 cm³/mol. The van der Waals surface area contributed by atoms with Gasteiger partial charge in [0.05, 0.1) is 0 Å². The van der Waals surface area contributed by atoms with E-state index in [9.17, 15) is 0 Å². The third-order valence-corrected chi connectivity index (χ3v) is 12.2. The van der Waals surface area contributed by atoms with Crippen molar-refractivity contribution in [1.29, 1.82) is 0 Å². The van der Waals surface area contributed by atoms with Crippen LogP contribution < -0.4 is 0 Å². The van der Waals surface area contributed by atoms with Crippen molar-refractivity contribution < 1.29 is 18.9 Å². The van der Waals surface area contributed by atoms with Crippen molar-refractivity contribution in [2.24, 2.45) is 11.8 Å². The molecular weight excluding hydrogens is 561 g/mol. The SMILES string of the molecule is CCCCCCCC(CCC(CC)SSC(CC)CCC(CCCCCCC)C(OCC)OCC)C(OCC)OCC. The molecule has 6 heteroatoms. The zero-order valence-corrected chi connectivity index (χ0v) is 31.1. The first-order chi connectivity index (χ1) is 20.5. The fourth-order valence-electron chi connectivity index (χ4n) is 5.75. The molecule has 0 fully saturated rings. The third-order valence-electron chi connectivity index (χ3n) is 8.41. The van der Waals surface area contributed by atoms with Gasteiger partial charge in [-0.1, -0.05) is 113 Å². The van der Waals surface area contributed by atoms with Gasteiger partial charge >= 0.3 is 0 Å². The lowest BCUT2D eigenvalue weighted by molar-refractivity contribution is -0.170. The molecule has 0 N–H and O–H groups in total. The Balaban J connectivity index is 5.02. The Morgan fingerprint density at radius 2 is 0.714 bits per heavy atom. The summed E-state index contributed by atoms with van der Waals surface area (Å²) in [7, 11) is 4.30. The fourth-order valence-corrected chi connectivity index (χ4v) is 9.14. The minimum absolute atomic E-state index is 0.0488. The van der Waals surface area contributed by atoms with Gasteiger partial charge in [0.15, 0.2) is 12.6 Å². The molecule has 254 valence electrons. The van der Waals surface area contributed by atoms with Gasteiger partial charge < -0.3 is 18.9 Å². The van der Waals surface area contributed by atoms with Crippen LogP contribution >= 0.6 is 21.6 Å². The van der Waals surface area contributed by atoms with E-state index in [1.165, 1.54) is 116 Å². The number of unbranched alkanes of at least 4 members (excludes halogenated alkanes) is 8. The molecule has 0 heterocycles. The van der Waals surface area contributed by atoms with Crippen molar-refractivity contribution >= 4 is 21.6 Å². The van der Waals surface area contributed by atoms with E-state index in [-0.39, 0.29) is 12.6 Å². The minimum Gasteiger partial charge on any atom is -0.353 e. The molecule has 4 unspecified atom stereocenters. The van der Waals surface area contributed by atoms with E-state index in [0.29, 0.717) is 22.3 Å². The summed E-state index contributed by atoms with van der Waals surface area (Å²) < 4.78 is 24.4. The van der Waals surface area contributed by atoms with Crippen LogP contribution in [0.2, 0.25) is 0 Å². The van der Waals surface area contributed by atoms with E-state index in [4.69, 9.17) is 18.9 Å². The first-order valence-corrected chi connectivity index (χ1v) is 20.6. The molecule has 0 aromatic heterocycles. The van der Waals surface area contributed by atoms with Crippen molar-refractivity contribution in [3.63, 3.8) is 0 Å². The van der Waals surface area contributed by atoms with Crippen LogP contribution in [0, 0.1) is 11.8 Å². The van der Waals surface area contributed by atoms with Crippen molar-refractivity contribution in [3.05, 3.63) is 0 Å². The number of rotatable bonds is 33. The van der Waals surface area contributed by atoms with E-state index in [1.807, 2.05) is 0 Å². The Labute approximate surface area is 272 Å². The van der Waals surface area contributed by atoms with Crippen molar-refractivity contribution in [3.8, 4) is 0 Å². The number of hydrogen-bond donors (Lipinski definition) is 0. The normalized spacial score (nSPS) is 15.0. The molecule has 0 radical (unpaired) electrons. The average Bonchev–Trinajstić information content (AvgIpc) is 2.99. The van der Waals surface area contributed by atoms with E-state index in [2.05, 4.69) is 77.0 Å². The molecular formula is C36H74O4S2. The van der Waals surface area contributed by atoms with Crippen LogP contribution in [-0.4, -0.2) is 49.5 Å². The van der Waals surface area contributed by atoms with E-state index >= 15 is 0 Å². The van der Waals surface area contributed by atoms with Gasteiger partial charge in [-0.3, -0.25) is 0 Å². The van der Waals surface area contributed by atoms with Gasteiger partial charge in [0, 0.05) is 48.8 Å². The van der Waals surface area contributed by atoms with Crippen molar-refractivity contribution in [2.75, 3.05) is 26.4 Å². The van der Waals surface area contributed by atoms with E-state index in [1.54, 1.807) is 0 Å². The van der Waals surface area contributed by atoms with Crippen LogP contribution in [0.5, 0.6) is 0 Å². The third kappa shape index (κ3) is 22.1. The molecule has 0 aliphatic heterocycles. The Bertz CT molecular complexity index is 481. The average molecular weight is 635 g/mol. The van der Waals surface area contributed by atoms with Crippen LogP contribution in [0.4, 0.5) is 0 Å². The lowest BCUT2D eigenvalue weighted by Gasteiger charge is -2.29. The Kier molecular flexibility index (Phi) is 31.9. The summed E-state index contributed by atoms with van der Waals surface area (Å²) >= 11 is 0. The standard InChI is InChI=1S/C36H74O4S2/c1-9-17-19-21-23-25-31(35(37-13-5)38-14-6)27-29-33(11-3)41-42-34(12-4)30-28-32(26-24-22-20-18-10-2)36(39-15-7)40-16-8/h31-36H,9-30H2,1-8H3. The molecule has 42 heavy (non-hydrogen) atoms. The molecule has 0 aliphatic rings. The van der Waals surface area contributed by atoms with Gasteiger partial charge in [0.25, 0.3) is 0 Å². The van der Waals surface area contributed by atoms with Crippen LogP contribution in [0.1, 0.15) is 171 Å². The highest BCUT2D eigenvalue weighted by Crippen LogP contribution is 2.40. The van der Waals surface area contributed by atoms with Gasteiger partial charge in [-0.2, -0.15) is 0 Å². The molecule has 0 rings (SSSR count). The first kappa shape index (κ1) is 42.5. The smallest absolute Gasteiger partial charge is 0.160 e. The van der Waals surface area contributed by atoms with Gasteiger partial charge in [-0.05, 0) is 79.1 Å². The van der Waals surface area contributed by atoms with Crippen molar-refractivity contribution in [2.45, 2.75) is 194 Å². The van der Waals surface area contributed by atoms with E-state index < -0.39 is 0 Å². The molecule has 0 aliphatic carbocycles. The topological polar surface area (TPSA) is 36.9 Å². The highest BCUT2D eigenvalue weighted by molar-refractivity contribution is 8.77. The monoisotopic (exact) mass is 635 g/mol. The van der Waals surface area contributed by atoms with Gasteiger partial charge in [0.1, 0.15) is 0 Å². The predicted octanol–water partition coefficient (Wildman–Crippen LogP) is 12.2. The second-order valence-corrected chi connectivity index (χ2v) is 14.8. The summed E-state index contributed by atoms with van der Waals surface area (Å²) in [5.74, 6) is 1.00. The molecule has 0 bridgehead atoms. The largest absolute Gasteiger partial charge is 0.353 e. The van der Waals surface area contributed by atoms with Crippen LogP contribution in [0.25, 0.3) is 0 Å². The molecule has 0 saturated heterocycles. The maximum atomic E-state index is 6.10. The molecule has 0 amide bonds. The zero-order chi connectivity index (χ0) is 31.3. The van der Waals surface area contributed by atoms with Gasteiger partial charge in [0.2, 0.25) is 0 Å². The summed E-state index contributed by atoms with van der Waals surface area (Å²) in [6.45, 7) is 20.6. The highest BCUT2D eigenvalue weighted by Gasteiger charge is 2.26. The number of hydrogen-bond acceptors (Lipinski definition) is 6. The van der Waals surface area contributed by atoms with E-state index in [0.717, 1.165) is 26.4 Å². The van der Waals surface area contributed by atoms with Gasteiger partial charge in [-0.25, -0.2) is 0 Å². The summed E-state index contributed by atoms with van der Waals surface area (Å²) in [5.41, 5.74) is 0. The Morgan fingerprint density at radius 1 is 0.381 bits per heavy atom. The molecule has 0 aromatic carbocycles. The first-order valence-electron chi connectivity index (χ1n) is 18.3. The quantitative estimate of drug-likeness (QED) is 0.0406. The zero-order valence-electron chi connectivity index (χ0n) is 29.5. The maximum absolute atomic E-state index is 6.10. The molecule has 0 saturated carbocycles. The summed E-state index contributed by atoms with van der Waals surface area (Å²) in [4.78, 5) is 0. The Morgan fingerprint density at radius 3 is 1.00 bits per heavy atom. The van der Waals surface area contributed by atoms with Crippen LogP contribution in [0.15, 0.2) is 0 Å². The summed E-state index contributed by atoms with van der Waals surface area (Å²) in [6, 6.07) is 0. The number of ether oxygens (including phenoxy) is 4. The lowest BCUT2D eigenvalue weighted by Crippen LogP contribution is -2.28. The maximum Gasteiger partial charge on any atom is 0.160 e. The fraction of sp³-hybridized carbons (Fsp3) is 1.00. The second-order valence-electron chi connectivity index (χ2n) is 11.9. The van der Waals surface area contributed by atoms with Crippen LogP contribution in [0.3, 0.4) is 0 Å². The molecule has 4 nitrogen and oxygen atoms in total. The van der Waals surface area contributed by atoms with Gasteiger partial charge in [-0.15, -0.1) is 0 Å².